The number of fused-ring (bicyclic) bond motifs is 1. The number of nitrogens with zero attached hydrogens (tertiary/aromatic N) is 2. The van der Waals surface area contributed by atoms with E-state index < -0.39 is 0 Å². The minimum absolute atomic E-state index is 0.115. The number of anilines is 1. The van der Waals surface area contributed by atoms with Gasteiger partial charge in [-0.25, -0.2) is 4.98 Å². The van der Waals surface area contributed by atoms with Crippen LogP contribution in [0.5, 0.6) is 0 Å². The van der Waals surface area contributed by atoms with Gasteiger partial charge in [-0.1, -0.05) is 17.7 Å². The van der Waals surface area contributed by atoms with Crippen LogP contribution in [0.1, 0.15) is 21.6 Å². The lowest BCUT2D eigenvalue weighted by molar-refractivity contribution is 0.0946. The van der Waals surface area contributed by atoms with Crippen molar-refractivity contribution in [2.24, 2.45) is 0 Å². The van der Waals surface area contributed by atoms with E-state index in [1.807, 2.05) is 43.5 Å². The van der Waals surface area contributed by atoms with E-state index in [-0.39, 0.29) is 5.91 Å². The van der Waals surface area contributed by atoms with E-state index in [0.29, 0.717) is 12.2 Å². The van der Waals surface area contributed by atoms with Crippen LogP contribution >= 0.6 is 0 Å². The number of benzene rings is 1. The summed E-state index contributed by atoms with van der Waals surface area (Å²) in [6.45, 7) is 5.70. The molecule has 3 aromatic rings. The maximum Gasteiger partial charge on any atom is 0.267 e. The van der Waals surface area contributed by atoms with E-state index in [1.54, 1.807) is 0 Å². The molecule has 6 nitrogen and oxygen atoms in total. The highest BCUT2D eigenvalue weighted by Gasteiger charge is 2.13. The molecule has 1 amide bonds. The van der Waals surface area contributed by atoms with Gasteiger partial charge < -0.3 is 19.9 Å². The molecule has 1 aliphatic rings. The van der Waals surface area contributed by atoms with Gasteiger partial charge in [-0.15, -0.1) is 0 Å². The lowest BCUT2D eigenvalue weighted by atomic mass is 10.2. The summed E-state index contributed by atoms with van der Waals surface area (Å²) in [5.74, 6) is 0.838. The number of hydrogen-bond acceptors (Lipinski definition) is 4. The first-order chi connectivity index (χ1) is 12.7. The molecule has 1 aliphatic heterocycles. The van der Waals surface area contributed by atoms with Crippen LogP contribution in [0.25, 0.3) is 10.9 Å². The quantitative estimate of drug-likeness (QED) is 0.759. The molecule has 0 radical (unpaired) electrons. The normalized spacial score (nSPS) is 14.6. The predicted octanol–water partition coefficient (Wildman–Crippen LogP) is 2.64. The first-order valence-electron chi connectivity index (χ1n) is 8.84. The molecule has 1 aromatic carbocycles. The Morgan fingerprint density at radius 2 is 2.08 bits per heavy atom. The van der Waals surface area contributed by atoms with Gasteiger partial charge in [0.05, 0.1) is 13.2 Å². The monoisotopic (exact) mass is 350 g/mol. The molecule has 0 saturated carbocycles. The number of morpholine rings is 1. The molecule has 1 fully saturated rings. The summed E-state index contributed by atoms with van der Waals surface area (Å²) in [7, 11) is 0. The van der Waals surface area contributed by atoms with Crippen LogP contribution < -0.4 is 10.2 Å². The van der Waals surface area contributed by atoms with E-state index in [9.17, 15) is 4.79 Å². The Morgan fingerprint density at radius 1 is 1.23 bits per heavy atom. The molecule has 0 unspecified atom stereocenters. The Balaban J connectivity index is 1.38. The SMILES string of the molecule is Cc1ccc2[nH]c(C(=O)NCc3ccc(N4CCOCC4)nc3)cc2c1. The van der Waals surface area contributed by atoms with Crippen molar-refractivity contribution >= 4 is 22.6 Å². The largest absolute Gasteiger partial charge is 0.378 e. The number of H-pyrrole nitrogens is 1. The zero-order valence-electron chi connectivity index (χ0n) is 14.8. The third-order valence-corrected chi connectivity index (χ3v) is 4.62. The molecule has 1 saturated heterocycles. The minimum atomic E-state index is -0.115. The van der Waals surface area contributed by atoms with Gasteiger partial charge in [0, 0.05) is 36.7 Å². The summed E-state index contributed by atoms with van der Waals surface area (Å²) < 4.78 is 5.36. The second-order valence-corrected chi connectivity index (χ2v) is 6.58. The van der Waals surface area contributed by atoms with Crippen LogP contribution in [0.15, 0.2) is 42.6 Å². The predicted molar refractivity (Wildman–Crippen MR) is 101 cm³/mol. The third kappa shape index (κ3) is 3.55. The van der Waals surface area contributed by atoms with Gasteiger partial charge >= 0.3 is 0 Å². The molecule has 0 bridgehead atoms. The zero-order valence-corrected chi connectivity index (χ0v) is 14.8. The second-order valence-electron chi connectivity index (χ2n) is 6.58. The number of pyridine rings is 1. The molecular weight excluding hydrogens is 328 g/mol. The van der Waals surface area contributed by atoms with Crippen LogP contribution in [0.2, 0.25) is 0 Å². The standard InChI is InChI=1S/C20H22N4O2/c1-14-2-4-17-16(10-14)11-18(23-17)20(25)22-13-15-3-5-19(21-12-15)24-6-8-26-9-7-24/h2-5,10-12,23H,6-9,13H2,1H3,(H,22,25). The number of nitrogens with one attached hydrogen (secondary N) is 2. The van der Waals surface area contributed by atoms with Crippen molar-refractivity contribution in [2.45, 2.75) is 13.5 Å². The summed E-state index contributed by atoms with van der Waals surface area (Å²) in [5, 5.41) is 3.99. The number of carbonyl (C=O) groups excluding carboxylic acids is 1. The van der Waals surface area contributed by atoms with Gasteiger partial charge in [-0.05, 0) is 36.8 Å². The van der Waals surface area contributed by atoms with Crippen LogP contribution in [-0.4, -0.2) is 42.2 Å². The molecule has 0 aliphatic carbocycles. The summed E-state index contributed by atoms with van der Waals surface area (Å²) in [4.78, 5) is 22.3. The molecule has 4 rings (SSSR count). The Morgan fingerprint density at radius 3 is 2.85 bits per heavy atom. The summed E-state index contributed by atoms with van der Waals surface area (Å²) in [6.07, 6.45) is 1.82. The average Bonchev–Trinajstić information content (AvgIpc) is 3.10. The van der Waals surface area contributed by atoms with Crippen molar-refractivity contribution in [3.05, 3.63) is 59.4 Å². The number of hydrogen-bond donors (Lipinski definition) is 2. The second kappa shape index (κ2) is 7.17. The summed E-state index contributed by atoms with van der Waals surface area (Å²) in [6, 6.07) is 12.0. The summed E-state index contributed by atoms with van der Waals surface area (Å²) in [5.41, 5.74) is 3.69. The number of amides is 1. The van der Waals surface area contributed by atoms with Crippen LogP contribution in [0.3, 0.4) is 0 Å². The van der Waals surface area contributed by atoms with Crippen molar-refractivity contribution in [1.82, 2.24) is 15.3 Å². The zero-order chi connectivity index (χ0) is 17.9. The highest BCUT2D eigenvalue weighted by atomic mass is 16.5. The number of carbonyl (C=O) groups is 1. The van der Waals surface area contributed by atoms with Crippen LogP contribution in [-0.2, 0) is 11.3 Å². The van der Waals surface area contributed by atoms with Gasteiger partial charge in [0.15, 0.2) is 0 Å². The van der Waals surface area contributed by atoms with E-state index in [1.165, 1.54) is 5.56 Å². The first-order valence-corrected chi connectivity index (χ1v) is 8.84. The topological polar surface area (TPSA) is 70.2 Å². The molecule has 0 spiro atoms. The Labute approximate surface area is 152 Å². The van der Waals surface area contributed by atoms with E-state index in [4.69, 9.17) is 4.74 Å². The molecule has 2 N–H and O–H groups in total. The lowest BCUT2D eigenvalue weighted by Gasteiger charge is -2.27. The van der Waals surface area contributed by atoms with Crippen molar-refractivity contribution in [3.63, 3.8) is 0 Å². The van der Waals surface area contributed by atoms with Crippen molar-refractivity contribution < 1.29 is 9.53 Å². The highest BCUT2D eigenvalue weighted by Crippen LogP contribution is 2.17. The fourth-order valence-corrected chi connectivity index (χ4v) is 3.15. The van der Waals surface area contributed by atoms with Crippen molar-refractivity contribution in [3.8, 4) is 0 Å². The van der Waals surface area contributed by atoms with Gasteiger partial charge in [0.1, 0.15) is 11.5 Å². The number of aryl methyl sites for hydroxylation is 1. The van der Waals surface area contributed by atoms with Gasteiger partial charge in [-0.3, -0.25) is 4.79 Å². The molecular formula is C20H22N4O2. The fraction of sp³-hybridized carbons (Fsp3) is 0.300. The van der Waals surface area contributed by atoms with Crippen molar-refractivity contribution in [1.29, 1.82) is 0 Å². The number of aromatic nitrogens is 2. The van der Waals surface area contributed by atoms with Gasteiger partial charge in [0.2, 0.25) is 0 Å². The molecule has 6 heteroatoms. The average molecular weight is 350 g/mol. The number of ether oxygens (including phenoxy) is 1. The van der Waals surface area contributed by atoms with E-state index >= 15 is 0 Å². The maximum absolute atomic E-state index is 12.4. The lowest BCUT2D eigenvalue weighted by Crippen LogP contribution is -2.36. The first kappa shape index (κ1) is 16.6. The van der Waals surface area contributed by atoms with Crippen LogP contribution in [0.4, 0.5) is 5.82 Å². The van der Waals surface area contributed by atoms with E-state index in [2.05, 4.69) is 26.3 Å². The molecule has 3 heterocycles. The molecule has 134 valence electrons. The minimum Gasteiger partial charge on any atom is -0.378 e. The maximum atomic E-state index is 12.4. The van der Waals surface area contributed by atoms with Crippen LogP contribution in [0, 0.1) is 6.92 Å². The number of rotatable bonds is 4. The number of aromatic amines is 1. The van der Waals surface area contributed by atoms with Crippen molar-refractivity contribution in [2.75, 3.05) is 31.2 Å². The Kier molecular flexibility index (Phi) is 4.58. The molecule has 0 atom stereocenters. The fourth-order valence-electron chi connectivity index (χ4n) is 3.15. The van der Waals surface area contributed by atoms with Gasteiger partial charge in [0.25, 0.3) is 5.91 Å². The molecule has 2 aromatic heterocycles. The van der Waals surface area contributed by atoms with Gasteiger partial charge in [-0.2, -0.15) is 0 Å². The smallest absolute Gasteiger partial charge is 0.267 e. The van der Waals surface area contributed by atoms with E-state index in [0.717, 1.165) is 48.6 Å². The Bertz CT molecular complexity index is 911. The molecule has 26 heavy (non-hydrogen) atoms. The third-order valence-electron chi connectivity index (χ3n) is 4.62. The highest BCUT2D eigenvalue weighted by molar-refractivity contribution is 5.98. The summed E-state index contributed by atoms with van der Waals surface area (Å²) >= 11 is 0. The Hall–Kier alpha value is -2.86.